The molecule has 0 bridgehead atoms. The lowest BCUT2D eigenvalue weighted by Crippen LogP contribution is -2.46. The van der Waals surface area contributed by atoms with Gasteiger partial charge in [-0.2, -0.15) is 26.0 Å². The van der Waals surface area contributed by atoms with E-state index in [2.05, 4.69) is 18.5 Å². The number of rotatable bonds is 12. The predicted molar refractivity (Wildman–Crippen MR) is 88.1 cm³/mol. The van der Waals surface area contributed by atoms with Gasteiger partial charge in [0.2, 0.25) is 0 Å². The van der Waals surface area contributed by atoms with Crippen LogP contribution in [-0.2, 0) is 10.1 Å². The lowest BCUT2D eigenvalue weighted by atomic mass is 10.1. The Morgan fingerprint density at radius 3 is 1.83 bits per heavy atom. The Labute approximate surface area is 141 Å². The van der Waals surface area contributed by atoms with Gasteiger partial charge in [0.15, 0.2) is 0 Å². The third-order valence-corrected chi connectivity index (χ3v) is 3.87. The topological polar surface area (TPSA) is 66.4 Å². The zero-order valence-corrected chi connectivity index (χ0v) is 14.7. The van der Waals surface area contributed by atoms with E-state index in [4.69, 9.17) is 4.55 Å². The Bertz CT molecular complexity index is 446. The third kappa shape index (κ3) is 10.0. The van der Waals surface area contributed by atoms with Crippen molar-refractivity contribution in [1.82, 2.24) is 5.32 Å². The highest BCUT2D eigenvalue weighted by molar-refractivity contribution is 7.87. The van der Waals surface area contributed by atoms with Crippen molar-refractivity contribution in [1.29, 1.82) is 0 Å². The van der Waals surface area contributed by atoms with E-state index in [0.29, 0.717) is 12.8 Å². The summed E-state index contributed by atoms with van der Waals surface area (Å²) in [7, 11) is -6.09. The summed E-state index contributed by atoms with van der Waals surface area (Å²) in [5, 5.41) is -2.38. The number of hydrogen-bond donors (Lipinski definition) is 2. The second kappa shape index (κ2) is 12.4. The van der Waals surface area contributed by atoms with Crippen LogP contribution in [0.3, 0.4) is 0 Å². The summed E-state index contributed by atoms with van der Waals surface area (Å²) in [5.74, 6) is -4.74. The molecular formula is C15H27F4NO3S. The molecule has 0 aliphatic heterocycles. The summed E-state index contributed by atoms with van der Waals surface area (Å²) in [6.07, 6.45) is 4.81. The highest BCUT2D eigenvalue weighted by Crippen LogP contribution is 2.41. The first kappa shape index (κ1) is 25.3. The maximum absolute atomic E-state index is 12.9. The molecule has 0 unspecified atom stereocenters. The zero-order chi connectivity index (χ0) is 19.3. The van der Waals surface area contributed by atoms with Gasteiger partial charge in [-0.1, -0.05) is 44.8 Å². The highest BCUT2D eigenvalue weighted by atomic mass is 32.2. The third-order valence-electron chi connectivity index (χ3n) is 2.92. The van der Waals surface area contributed by atoms with Crippen LogP contribution in [0.1, 0.15) is 45.4 Å². The molecule has 0 aliphatic carbocycles. The van der Waals surface area contributed by atoms with Crippen LogP contribution in [0.5, 0.6) is 0 Å². The summed E-state index contributed by atoms with van der Waals surface area (Å²) >= 11 is 0. The van der Waals surface area contributed by atoms with Gasteiger partial charge in [-0.25, -0.2) is 0 Å². The molecule has 0 fully saturated rings. The lowest BCUT2D eigenvalue weighted by molar-refractivity contribution is -0.164. The molecule has 0 rings (SSSR count). The van der Waals surface area contributed by atoms with Crippen LogP contribution >= 0.6 is 0 Å². The van der Waals surface area contributed by atoms with E-state index < -0.39 is 27.7 Å². The molecule has 4 nitrogen and oxygen atoms in total. The first-order valence-electron chi connectivity index (χ1n) is 7.63. The van der Waals surface area contributed by atoms with E-state index in [9.17, 15) is 26.0 Å². The molecule has 144 valence electrons. The van der Waals surface area contributed by atoms with Crippen LogP contribution in [0.4, 0.5) is 17.6 Å². The number of halogens is 4. The molecule has 0 aromatic heterocycles. The summed E-state index contributed by atoms with van der Waals surface area (Å²) < 4.78 is 79.6. The van der Waals surface area contributed by atoms with Crippen molar-refractivity contribution in [3.05, 3.63) is 25.3 Å². The minimum atomic E-state index is -6.09. The van der Waals surface area contributed by atoms with Crippen molar-refractivity contribution in [2.45, 2.75) is 56.6 Å². The average molecular weight is 377 g/mol. The van der Waals surface area contributed by atoms with E-state index >= 15 is 0 Å². The van der Waals surface area contributed by atoms with Crippen molar-refractivity contribution < 1.29 is 30.5 Å². The van der Waals surface area contributed by atoms with Crippen molar-refractivity contribution in [3.8, 4) is 0 Å². The monoisotopic (exact) mass is 377 g/mol. The van der Waals surface area contributed by atoms with E-state index in [1.165, 1.54) is 0 Å². The lowest BCUT2D eigenvalue weighted by Gasteiger charge is -2.23. The molecule has 0 amide bonds. The molecule has 0 saturated heterocycles. The molecule has 0 saturated carbocycles. The molecule has 0 spiro atoms. The fourth-order valence-electron chi connectivity index (χ4n) is 1.57. The van der Waals surface area contributed by atoms with Gasteiger partial charge in [0.25, 0.3) is 0 Å². The minimum Gasteiger partial charge on any atom is -0.310 e. The van der Waals surface area contributed by atoms with Crippen molar-refractivity contribution in [2.75, 3.05) is 13.1 Å². The number of unbranched alkanes of at least 4 members (excludes halogenated alkanes) is 4. The van der Waals surface area contributed by atoms with Gasteiger partial charge in [0.1, 0.15) is 0 Å². The Morgan fingerprint density at radius 2 is 1.46 bits per heavy atom. The average Bonchev–Trinajstić information content (AvgIpc) is 2.47. The fraction of sp³-hybridized carbons (Fsp3) is 0.733. The molecule has 0 radical (unpaired) electrons. The van der Waals surface area contributed by atoms with Gasteiger partial charge in [0, 0.05) is 19.5 Å². The van der Waals surface area contributed by atoms with Crippen LogP contribution in [0.25, 0.3) is 0 Å². The number of nitrogens with one attached hydrogen (secondary N) is 1. The van der Waals surface area contributed by atoms with Crippen LogP contribution in [0.2, 0.25) is 0 Å². The first-order chi connectivity index (χ1) is 11.0. The summed E-state index contributed by atoms with van der Waals surface area (Å²) in [5.41, 5.74) is 0. The van der Waals surface area contributed by atoms with Gasteiger partial charge in [-0.15, -0.1) is 13.2 Å². The summed E-state index contributed by atoms with van der Waals surface area (Å²) in [6.45, 7) is 10.7. The second-order valence-corrected chi connectivity index (χ2v) is 6.56. The summed E-state index contributed by atoms with van der Waals surface area (Å²) in [4.78, 5) is 0. The molecule has 0 heterocycles. The van der Waals surface area contributed by atoms with Crippen LogP contribution in [-0.4, -0.2) is 37.2 Å². The highest BCUT2D eigenvalue weighted by Gasteiger charge is 2.64. The van der Waals surface area contributed by atoms with Crippen molar-refractivity contribution in [3.63, 3.8) is 0 Å². The Hall–Kier alpha value is -0.930. The predicted octanol–water partition coefficient (Wildman–Crippen LogP) is 4.41. The Morgan fingerprint density at radius 1 is 1.00 bits per heavy atom. The Balaban J connectivity index is 0. The van der Waals surface area contributed by atoms with Crippen LogP contribution in [0.15, 0.2) is 25.3 Å². The zero-order valence-electron chi connectivity index (χ0n) is 13.9. The molecule has 0 aromatic carbocycles. The van der Waals surface area contributed by atoms with E-state index in [1.54, 1.807) is 0 Å². The van der Waals surface area contributed by atoms with Crippen LogP contribution in [0, 0.1) is 0 Å². The first-order valence-corrected chi connectivity index (χ1v) is 9.07. The molecule has 24 heavy (non-hydrogen) atoms. The summed E-state index contributed by atoms with van der Waals surface area (Å²) in [6, 6.07) is 0. The minimum absolute atomic E-state index is 0.210. The SMILES string of the molecule is C=CCNCC=C.CCCCCCCC(F)(F)C(F)(F)S(=O)(=O)O. The smallest absolute Gasteiger partial charge is 0.310 e. The molecule has 9 heteroatoms. The molecule has 2 N–H and O–H groups in total. The quantitative estimate of drug-likeness (QED) is 0.229. The molecule has 0 aromatic rings. The van der Waals surface area contributed by atoms with Gasteiger partial charge >= 0.3 is 21.3 Å². The van der Waals surface area contributed by atoms with Gasteiger partial charge in [-0.3, -0.25) is 4.55 Å². The largest absolute Gasteiger partial charge is 0.431 e. The molecular weight excluding hydrogens is 350 g/mol. The molecule has 0 atom stereocenters. The second-order valence-electron chi connectivity index (χ2n) is 5.10. The van der Waals surface area contributed by atoms with Gasteiger partial charge < -0.3 is 5.32 Å². The molecule has 0 aliphatic rings. The van der Waals surface area contributed by atoms with Gasteiger partial charge in [0.05, 0.1) is 0 Å². The van der Waals surface area contributed by atoms with Crippen molar-refractivity contribution in [2.24, 2.45) is 0 Å². The van der Waals surface area contributed by atoms with Crippen LogP contribution < -0.4 is 5.32 Å². The van der Waals surface area contributed by atoms with E-state index in [0.717, 1.165) is 25.9 Å². The fourth-order valence-corrected chi connectivity index (χ4v) is 2.05. The Kier molecular flexibility index (Phi) is 13.1. The van der Waals surface area contributed by atoms with E-state index in [-0.39, 0.29) is 6.42 Å². The standard InChI is InChI=1S/C9H16F4O3S.C6H11N/c1-2-3-4-5-6-7-8(10,11)9(12,13)17(14,15)16;1-3-5-7-6-4-2/h2-7H2,1H3,(H,14,15,16);3-4,7H,1-2,5-6H2. The number of hydrogen-bond acceptors (Lipinski definition) is 3. The van der Waals surface area contributed by atoms with E-state index in [1.807, 2.05) is 19.1 Å². The normalized spacial score (nSPS) is 12.2. The van der Waals surface area contributed by atoms with Gasteiger partial charge in [-0.05, 0) is 6.42 Å². The van der Waals surface area contributed by atoms with Crippen molar-refractivity contribution >= 4 is 10.1 Å². The maximum atomic E-state index is 12.9. The maximum Gasteiger partial charge on any atom is 0.431 e. The number of alkyl halides is 4.